The standard InChI is InChI=1S/C13H16ClN3O7/c1-5-11(20)15-13(21)17(16-5)12-9(14)10(23-7(3)19)8(24-12)4-22-6(2)18/h8-10,12H,4H2,1-3H3,(H,15,20,21)/t8-,9-,10-,12-/m1/s1. The van der Waals surface area contributed by atoms with E-state index in [4.69, 9.17) is 25.8 Å². The minimum atomic E-state index is -1.11. The predicted molar refractivity (Wildman–Crippen MR) is 79.6 cm³/mol. The van der Waals surface area contributed by atoms with E-state index in [1.807, 2.05) is 0 Å². The largest absolute Gasteiger partial charge is 0.463 e. The molecule has 1 saturated heterocycles. The zero-order valence-corrected chi connectivity index (χ0v) is 13.9. The second-order valence-electron chi connectivity index (χ2n) is 5.18. The molecule has 2 heterocycles. The quantitative estimate of drug-likeness (QED) is 0.547. The minimum Gasteiger partial charge on any atom is -0.463 e. The normalized spacial score (nSPS) is 26.2. The molecule has 1 aliphatic heterocycles. The van der Waals surface area contributed by atoms with Gasteiger partial charge in [0, 0.05) is 13.8 Å². The number of carbonyl (C=O) groups is 2. The van der Waals surface area contributed by atoms with Crippen LogP contribution in [0, 0.1) is 6.92 Å². The number of aromatic nitrogens is 3. The molecule has 1 N–H and O–H groups in total. The number of ether oxygens (including phenoxy) is 3. The smallest absolute Gasteiger partial charge is 0.347 e. The zero-order chi connectivity index (χ0) is 18.0. The number of alkyl halides is 1. The van der Waals surface area contributed by atoms with Gasteiger partial charge in [-0.3, -0.25) is 19.4 Å². The SMILES string of the molecule is CC(=O)OC[C@H]1O[C@@H](n2nc(C)c(=O)[nH]c2=O)[C@H](Cl)[C@@H]1OC(C)=O. The molecule has 1 fully saturated rings. The first-order chi connectivity index (χ1) is 11.2. The Bertz CT molecular complexity index is 759. The number of carbonyl (C=O) groups excluding carboxylic acids is 2. The Morgan fingerprint density at radius 1 is 1.33 bits per heavy atom. The molecule has 0 bridgehead atoms. The van der Waals surface area contributed by atoms with Crippen molar-refractivity contribution in [2.24, 2.45) is 0 Å². The number of aromatic amines is 1. The van der Waals surface area contributed by atoms with Crippen molar-refractivity contribution in [3.05, 3.63) is 26.5 Å². The number of aryl methyl sites for hydroxylation is 1. The van der Waals surface area contributed by atoms with Crippen LogP contribution in [0.25, 0.3) is 0 Å². The molecule has 1 aromatic rings. The van der Waals surface area contributed by atoms with Crippen LogP contribution in [0.3, 0.4) is 0 Å². The summed E-state index contributed by atoms with van der Waals surface area (Å²) in [6.07, 6.45) is -2.96. The van der Waals surface area contributed by atoms with Gasteiger partial charge in [-0.25, -0.2) is 4.79 Å². The second-order valence-corrected chi connectivity index (χ2v) is 5.68. The highest BCUT2D eigenvalue weighted by molar-refractivity contribution is 6.21. The fraction of sp³-hybridized carbons (Fsp3) is 0.615. The Hall–Kier alpha value is -2.20. The summed E-state index contributed by atoms with van der Waals surface area (Å²) in [6.45, 7) is 3.59. The van der Waals surface area contributed by atoms with E-state index in [0.29, 0.717) is 0 Å². The van der Waals surface area contributed by atoms with Gasteiger partial charge in [-0.15, -0.1) is 11.6 Å². The molecule has 10 nitrogen and oxygen atoms in total. The number of nitrogens with zero attached hydrogens (tertiary/aromatic N) is 2. The maximum atomic E-state index is 11.9. The van der Waals surface area contributed by atoms with Gasteiger partial charge in [0.05, 0.1) is 0 Å². The highest BCUT2D eigenvalue weighted by Crippen LogP contribution is 2.34. The van der Waals surface area contributed by atoms with Crippen LogP contribution in [0.4, 0.5) is 0 Å². The van der Waals surface area contributed by atoms with E-state index in [9.17, 15) is 19.2 Å². The van der Waals surface area contributed by atoms with E-state index < -0.39 is 47.0 Å². The van der Waals surface area contributed by atoms with Gasteiger partial charge in [0.15, 0.2) is 12.3 Å². The lowest BCUT2D eigenvalue weighted by Crippen LogP contribution is -2.39. The van der Waals surface area contributed by atoms with Crippen LogP contribution >= 0.6 is 11.6 Å². The average Bonchev–Trinajstić information content (AvgIpc) is 2.77. The highest BCUT2D eigenvalue weighted by Gasteiger charge is 2.48. The molecule has 2 rings (SSSR count). The fourth-order valence-corrected chi connectivity index (χ4v) is 2.61. The second kappa shape index (κ2) is 7.14. The molecule has 0 saturated carbocycles. The van der Waals surface area contributed by atoms with Gasteiger partial charge < -0.3 is 14.2 Å². The maximum Gasteiger partial charge on any atom is 0.347 e. The van der Waals surface area contributed by atoms with Crippen molar-refractivity contribution in [1.82, 2.24) is 14.8 Å². The van der Waals surface area contributed by atoms with E-state index in [-0.39, 0.29) is 12.3 Å². The molecule has 1 aromatic heterocycles. The van der Waals surface area contributed by atoms with Gasteiger partial charge in [0.2, 0.25) is 0 Å². The van der Waals surface area contributed by atoms with E-state index in [2.05, 4.69) is 10.1 Å². The Morgan fingerprint density at radius 2 is 2.00 bits per heavy atom. The number of nitrogens with one attached hydrogen (secondary N) is 1. The van der Waals surface area contributed by atoms with Crippen LogP contribution in [0.2, 0.25) is 0 Å². The number of esters is 2. The molecule has 24 heavy (non-hydrogen) atoms. The summed E-state index contributed by atoms with van der Waals surface area (Å²) in [7, 11) is 0. The number of hydrogen-bond acceptors (Lipinski definition) is 8. The summed E-state index contributed by atoms with van der Waals surface area (Å²) in [5, 5.41) is 2.87. The minimum absolute atomic E-state index is 0.0366. The number of rotatable bonds is 4. The first-order valence-corrected chi connectivity index (χ1v) is 7.44. The van der Waals surface area contributed by atoms with Crippen LogP contribution in [0.1, 0.15) is 25.8 Å². The highest BCUT2D eigenvalue weighted by atomic mass is 35.5. The van der Waals surface area contributed by atoms with Gasteiger partial charge in [-0.05, 0) is 6.92 Å². The van der Waals surface area contributed by atoms with Crippen molar-refractivity contribution >= 4 is 23.5 Å². The predicted octanol–water partition coefficient (Wildman–Crippen LogP) is -0.760. The van der Waals surface area contributed by atoms with Crippen molar-refractivity contribution in [2.45, 2.75) is 44.6 Å². The van der Waals surface area contributed by atoms with E-state index in [0.717, 1.165) is 4.68 Å². The van der Waals surface area contributed by atoms with E-state index >= 15 is 0 Å². The Balaban J connectivity index is 2.33. The number of hydrogen-bond donors (Lipinski definition) is 1. The molecular formula is C13H16ClN3O7. The molecule has 0 unspecified atom stereocenters. The van der Waals surface area contributed by atoms with Crippen molar-refractivity contribution in [3.63, 3.8) is 0 Å². The van der Waals surface area contributed by atoms with Crippen LogP contribution in [0.15, 0.2) is 9.59 Å². The van der Waals surface area contributed by atoms with Crippen LogP contribution in [-0.2, 0) is 23.8 Å². The molecule has 0 amide bonds. The molecular weight excluding hydrogens is 346 g/mol. The van der Waals surface area contributed by atoms with Crippen molar-refractivity contribution < 1.29 is 23.8 Å². The molecule has 0 aromatic carbocycles. The van der Waals surface area contributed by atoms with Crippen LogP contribution < -0.4 is 11.2 Å². The lowest BCUT2D eigenvalue weighted by molar-refractivity contribution is -0.155. The monoisotopic (exact) mass is 361 g/mol. The van der Waals surface area contributed by atoms with E-state index in [1.165, 1.54) is 20.8 Å². The summed E-state index contributed by atoms with van der Waals surface area (Å²) in [5.41, 5.74) is -1.42. The molecule has 0 aliphatic carbocycles. The zero-order valence-electron chi connectivity index (χ0n) is 13.1. The molecule has 4 atom stereocenters. The van der Waals surface area contributed by atoms with Crippen molar-refractivity contribution in [3.8, 4) is 0 Å². The first-order valence-electron chi connectivity index (χ1n) is 7.00. The molecule has 132 valence electrons. The fourth-order valence-electron chi connectivity index (χ4n) is 2.23. The maximum absolute atomic E-state index is 11.9. The van der Waals surface area contributed by atoms with Gasteiger partial charge in [0.1, 0.15) is 23.8 Å². The summed E-state index contributed by atoms with van der Waals surface area (Å²) in [5.74, 6) is -1.16. The molecule has 1 aliphatic rings. The molecule has 0 spiro atoms. The number of halogens is 1. The van der Waals surface area contributed by atoms with E-state index in [1.54, 1.807) is 0 Å². The Morgan fingerprint density at radius 3 is 2.58 bits per heavy atom. The summed E-state index contributed by atoms with van der Waals surface area (Å²) < 4.78 is 16.4. The van der Waals surface area contributed by atoms with Gasteiger partial charge in [0.25, 0.3) is 5.56 Å². The number of H-pyrrole nitrogens is 1. The van der Waals surface area contributed by atoms with Gasteiger partial charge in [-0.1, -0.05) is 0 Å². The third kappa shape index (κ3) is 3.82. The van der Waals surface area contributed by atoms with Gasteiger partial charge in [-0.2, -0.15) is 9.78 Å². The lowest BCUT2D eigenvalue weighted by atomic mass is 10.2. The summed E-state index contributed by atoms with van der Waals surface area (Å²) in [6, 6.07) is 0. The third-order valence-corrected chi connectivity index (χ3v) is 3.74. The third-order valence-electron chi connectivity index (χ3n) is 3.28. The first kappa shape index (κ1) is 18.1. The summed E-state index contributed by atoms with van der Waals surface area (Å²) in [4.78, 5) is 47.7. The lowest BCUT2D eigenvalue weighted by Gasteiger charge is -2.19. The van der Waals surface area contributed by atoms with Crippen molar-refractivity contribution in [1.29, 1.82) is 0 Å². The average molecular weight is 362 g/mol. The van der Waals surface area contributed by atoms with Gasteiger partial charge >= 0.3 is 17.6 Å². The molecule has 11 heteroatoms. The molecule has 0 radical (unpaired) electrons. The topological polar surface area (TPSA) is 130 Å². The van der Waals surface area contributed by atoms with Crippen molar-refractivity contribution in [2.75, 3.05) is 6.61 Å². The Labute approximate surface area is 140 Å². The van der Waals surface area contributed by atoms with Crippen LogP contribution in [-0.4, -0.2) is 50.9 Å². The Kier molecular flexibility index (Phi) is 5.40. The summed E-state index contributed by atoms with van der Waals surface area (Å²) >= 11 is 6.26. The van der Waals surface area contributed by atoms with Crippen LogP contribution in [0.5, 0.6) is 0 Å².